The van der Waals surface area contributed by atoms with Crippen molar-refractivity contribution in [1.82, 2.24) is 0 Å². The summed E-state index contributed by atoms with van der Waals surface area (Å²) in [6.45, 7) is 0.205. The van der Waals surface area contributed by atoms with Gasteiger partial charge in [-0.15, -0.1) is 0 Å². The van der Waals surface area contributed by atoms with Crippen molar-refractivity contribution in [3.05, 3.63) is 17.7 Å². The number of fused-ring (bicyclic) bond motifs is 1. The lowest BCUT2D eigenvalue weighted by molar-refractivity contribution is 0.172. The minimum Gasteiger partial charge on any atom is -0.508 e. The summed E-state index contributed by atoms with van der Waals surface area (Å²) >= 11 is 0. The maximum atomic E-state index is 9.29. The van der Waals surface area contributed by atoms with E-state index in [0.717, 1.165) is 5.56 Å². The van der Waals surface area contributed by atoms with E-state index in [1.54, 1.807) is 6.07 Å². The standard InChI is InChI=1S/C9H10O4/c10-2-1-6-3-7(11)4-8-9(6)13-5-12-8/h3-4,10-11H,1-2,5H2. The van der Waals surface area contributed by atoms with Gasteiger partial charge in [0.25, 0.3) is 0 Å². The van der Waals surface area contributed by atoms with Crippen LogP contribution in [-0.2, 0) is 6.42 Å². The van der Waals surface area contributed by atoms with Crippen LogP contribution in [0.3, 0.4) is 0 Å². The van der Waals surface area contributed by atoms with Crippen LogP contribution in [0.25, 0.3) is 0 Å². The highest BCUT2D eigenvalue weighted by molar-refractivity contribution is 5.52. The number of ether oxygens (including phenoxy) is 2. The average molecular weight is 182 g/mol. The quantitative estimate of drug-likeness (QED) is 0.705. The summed E-state index contributed by atoms with van der Waals surface area (Å²) in [6, 6.07) is 3.08. The zero-order chi connectivity index (χ0) is 9.26. The van der Waals surface area contributed by atoms with Crippen molar-refractivity contribution < 1.29 is 19.7 Å². The van der Waals surface area contributed by atoms with Crippen molar-refractivity contribution in [2.24, 2.45) is 0 Å². The van der Waals surface area contributed by atoms with Crippen molar-refractivity contribution in [2.45, 2.75) is 6.42 Å². The third kappa shape index (κ3) is 1.40. The second kappa shape index (κ2) is 3.14. The molecule has 0 saturated heterocycles. The second-order valence-corrected chi connectivity index (χ2v) is 2.81. The van der Waals surface area contributed by atoms with E-state index in [4.69, 9.17) is 14.6 Å². The van der Waals surface area contributed by atoms with E-state index in [1.165, 1.54) is 6.07 Å². The minimum atomic E-state index is 0.0270. The molecule has 4 heteroatoms. The Labute approximate surface area is 75.3 Å². The van der Waals surface area contributed by atoms with Crippen molar-refractivity contribution in [3.8, 4) is 17.2 Å². The number of rotatable bonds is 2. The van der Waals surface area contributed by atoms with Crippen LogP contribution < -0.4 is 9.47 Å². The van der Waals surface area contributed by atoms with E-state index in [1.807, 2.05) is 0 Å². The molecule has 0 bridgehead atoms. The van der Waals surface area contributed by atoms with E-state index in [0.29, 0.717) is 17.9 Å². The Morgan fingerprint density at radius 1 is 1.31 bits per heavy atom. The van der Waals surface area contributed by atoms with Crippen LogP contribution in [0, 0.1) is 0 Å². The van der Waals surface area contributed by atoms with Crippen LogP contribution in [0.1, 0.15) is 5.56 Å². The van der Waals surface area contributed by atoms with Gasteiger partial charge >= 0.3 is 0 Å². The highest BCUT2D eigenvalue weighted by Gasteiger charge is 2.18. The third-order valence-corrected chi connectivity index (χ3v) is 1.92. The van der Waals surface area contributed by atoms with Crippen LogP contribution in [0.4, 0.5) is 0 Å². The summed E-state index contributed by atoms with van der Waals surface area (Å²) in [5.41, 5.74) is 0.773. The van der Waals surface area contributed by atoms with Gasteiger partial charge < -0.3 is 19.7 Å². The summed E-state index contributed by atoms with van der Waals surface area (Å²) in [5.74, 6) is 1.31. The highest BCUT2D eigenvalue weighted by Crippen LogP contribution is 2.38. The number of hydrogen-bond donors (Lipinski definition) is 2. The molecule has 0 aliphatic carbocycles. The maximum Gasteiger partial charge on any atom is 0.231 e. The lowest BCUT2D eigenvalue weighted by Gasteiger charge is -2.04. The summed E-state index contributed by atoms with van der Waals surface area (Å²) in [4.78, 5) is 0. The normalized spacial score (nSPS) is 13.3. The van der Waals surface area contributed by atoms with Gasteiger partial charge in [-0.05, 0) is 12.5 Å². The van der Waals surface area contributed by atoms with Gasteiger partial charge in [0, 0.05) is 18.2 Å². The molecule has 2 rings (SSSR count). The van der Waals surface area contributed by atoms with Crippen LogP contribution in [0.15, 0.2) is 12.1 Å². The molecular weight excluding hydrogens is 172 g/mol. The zero-order valence-electron chi connectivity index (χ0n) is 6.99. The number of aliphatic hydroxyl groups is 1. The molecule has 0 fully saturated rings. The van der Waals surface area contributed by atoms with Gasteiger partial charge in [-0.2, -0.15) is 0 Å². The van der Waals surface area contributed by atoms with Gasteiger partial charge in [0.05, 0.1) is 0 Å². The van der Waals surface area contributed by atoms with Crippen molar-refractivity contribution >= 4 is 0 Å². The van der Waals surface area contributed by atoms with E-state index < -0.39 is 0 Å². The molecule has 0 amide bonds. The molecule has 0 unspecified atom stereocenters. The molecule has 1 aromatic carbocycles. The molecule has 0 spiro atoms. The number of phenolic OH excluding ortho intramolecular Hbond substituents is 1. The first-order chi connectivity index (χ1) is 6.31. The molecule has 1 aliphatic rings. The number of aliphatic hydroxyl groups excluding tert-OH is 1. The van der Waals surface area contributed by atoms with E-state index in [2.05, 4.69) is 0 Å². The monoisotopic (exact) mass is 182 g/mol. The molecule has 1 aromatic rings. The lowest BCUT2D eigenvalue weighted by Crippen LogP contribution is -1.96. The van der Waals surface area contributed by atoms with Crippen LogP contribution in [0.2, 0.25) is 0 Å². The summed E-state index contributed by atoms with van der Waals surface area (Å²) in [7, 11) is 0. The largest absolute Gasteiger partial charge is 0.508 e. The molecule has 4 nitrogen and oxygen atoms in total. The maximum absolute atomic E-state index is 9.29. The molecule has 1 heterocycles. The van der Waals surface area contributed by atoms with Gasteiger partial charge in [-0.25, -0.2) is 0 Å². The van der Waals surface area contributed by atoms with Crippen LogP contribution >= 0.6 is 0 Å². The first kappa shape index (κ1) is 8.19. The van der Waals surface area contributed by atoms with Gasteiger partial charge in [0.15, 0.2) is 11.5 Å². The zero-order valence-corrected chi connectivity index (χ0v) is 6.99. The fourth-order valence-corrected chi connectivity index (χ4v) is 1.37. The topological polar surface area (TPSA) is 58.9 Å². The fourth-order valence-electron chi connectivity index (χ4n) is 1.37. The number of aromatic hydroxyl groups is 1. The minimum absolute atomic E-state index is 0.0270. The summed E-state index contributed by atoms with van der Waals surface area (Å²) in [6.07, 6.45) is 0.458. The Morgan fingerprint density at radius 3 is 2.92 bits per heavy atom. The predicted molar refractivity (Wildman–Crippen MR) is 45.0 cm³/mol. The Morgan fingerprint density at radius 2 is 2.15 bits per heavy atom. The molecular formula is C9H10O4. The van der Waals surface area contributed by atoms with E-state index >= 15 is 0 Å². The van der Waals surface area contributed by atoms with Crippen LogP contribution in [-0.4, -0.2) is 23.6 Å². The van der Waals surface area contributed by atoms with Crippen LogP contribution in [0.5, 0.6) is 17.2 Å². The fraction of sp³-hybridized carbons (Fsp3) is 0.333. The van der Waals surface area contributed by atoms with Gasteiger partial charge in [0.1, 0.15) is 5.75 Å². The van der Waals surface area contributed by atoms with Gasteiger partial charge in [-0.3, -0.25) is 0 Å². The molecule has 0 radical (unpaired) electrons. The molecule has 0 saturated carbocycles. The van der Waals surface area contributed by atoms with Crippen molar-refractivity contribution in [3.63, 3.8) is 0 Å². The third-order valence-electron chi connectivity index (χ3n) is 1.92. The molecule has 0 aromatic heterocycles. The smallest absolute Gasteiger partial charge is 0.231 e. The Bertz CT molecular complexity index is 322. The summed E-state index contributed by atoms with van der Waals surface area (Å²) in [5, 5.41) is 18.1. The first-order valence-electron chi connectivity index (χ1n) is 4.03. The molecule has 2 N–H and O–H groups in total. The second-order valence-electron chi connectivity index (χ2n) is 2.81. The number of benzene rings is 1. The van der Waals surface area contributed by atoms with E-state index in [-0.39, 0.29) is 19.1 Å². The number of hydrogen-bond acceptors (Lipinski definition) is 4. The highest BCUT2D eigenvalue weighted by atomic mass is 16.7. The lowest BCUT2D eigenvalue weighted by atomic mass is 10.1. The Kier molecular flexibility index (Phi) is 1.98. The number of phenols is 1. The Hall–Kier alpha value is -1.42. The van der Waals surface area contributed by atoms with E-state index in [9.17, 15) is 5.11 Å². The predicted octanol–water partition coefficient (Wildman–Crippen LogP) is 0.656. The molecule has 70 valence electrons. The van der Waals surface area contributed by atoms with Crippen molar-refractivity contribution in [1.29, 1.82) is 0 Å². The van der Waals surface area contributed by atoms with Gasteiger partial charge in [-0.1, -0.05) is 0 Å². The SMILES string of the molecule is OCCc1cc(O)cc2c1OCO2. The van der Waals surface area contributed by atoms with Crippen molar-refractivity contribution in [2.75, 3.05) is 13.4 Å². The summed E-state index contributed by atoms with van der Waals surface area (Å²) < 4.78 is 10.3. The molecule has 0 atom stereocenters. The molecule has 1 aliphatic heterocycles. The van der Waals surface area contributed by atoms with Gasteiger partial charge in [0.2, 0.25) is 6.79 Å². The molecule has 13 heavy (non-hydrogen) atoms. The Balaban J connectivity index is 2.43. The average Bonchev–Trinajstić information content (AvgIpc) is 2.52. The first-order valence-corrected chi connectivity index (χ1v) is 4.03.